The monoisotopic (exact) mass is 168 g/mol. The van der Waals surface area contributed by atoms with E-state index in [1.165, 1.54) is 0 Å². The summed E-state index contributed by atoms with van der Waals surface area (Å²) < 4.78 is 0. The van der Waals surface area contributed by atoms with Crippen LogP contribution in [0, 0.1) is 0 Å². The summed E-state index contributed by atoms with van der Waals surface area (Å²) >= 11 is 5.57. The maximum atomic E-state index is 10.5. The molecule has 2 heteroatoms. The summed E-state index contributed by atoms with van der Waals surface area (Å²) in [5, 5.41) is 0. The number of hydrogen-bond donors (Lipinski definition) is 0. The molecule has 0 heterocycles. The number of hydrogen-bond acceptors (Lipinski definition) is 1. The topological polar surface area (TPSA) is 17.1 Å². The fraction of sp³-hybridized carbons (Fsp3) is 0.222. The van der Waals surface area contributed by atoms with Gasteiger partial charge in [-0.15, -0.1) is 11.6 Å². The number of carbonyl (C=O) groups is 1. The van der Waals surface area contributed by atoms with E-state index in [9.17, 15) is 4.79 Å². The summed E-state index contributed by atoms with van der Waals surface area (Å²) in [5.41, 5.74) is 0.984. The van der Waals surface area contributed by atoms with Crippen LogP contribution in [0.2, 0.25) is 0 Å². The molecule has 0 radical (unpaired) electrons. The average molecular weight is 169 g/mol. The number of benzene rings is 1. The molecule has 0 aliphatic carbocycles. The van der Waals surface area contributed by atoms with Gasteiger partial charge in [0.1, 0.15) is 6.29 Å². The predicted octanol–water partition coefficient (Wildman–Crippen LogP) is 2.21. The second-order valence-corrected chi connectivity index (χ2v) is 2.62. The van der Waals surface area contributed by atoms with Crippen molar-refractivity contribution in [3.05, 3.63) is 35.9 Å². The Labute approximate surface area is 71.0 Å². The fourth-order valence-corrected chi connectivity index (χ4v) is 1.16. The molecule has 0 fully saturated rings. The Morgan fingerprint density at radius 2 is 2.00 bits per heavy atom. The summed E-state index contributed by atoms with van der Waals surface area (Å²) in [6.07, 6.45) is 0.877. The lowest BCUT2D eigenvalue weighted by Crippen LogP contribution is -2.00. The minimum absolute atomic E-state index is 0.155. The minimum atomic E-state index is -0.155. The number of carbonyl (C=O) groups excluding carboxylic acids is 1. The first kappa shape index (κ1) is 8.28. The smallest absolute Gasteiger partial charge is 0.128 e. The Morgan fingerprint density at radius 3 is 2.45 bits per heavy atom. The predicted molar refractivity (Wildman–Crippen MR) is 46.0 cm³/mol. The fourth-order valence-electron chi connectivity index (χ4n) is 0.904. The molecule has 11 heavy (non-hydrogen) atoms. The molecule has 0 saturated carbocycles. The molecule has 1 atom stereocenters. The third-order valence-electron chi connectivity index (χ3n) is 1.56. The van der Waals surface area contributed by atoms with Crippen LogP contribution in [0.25, 0.3) is 0 Å². The first-order chi connectivity index (χ1) is 5.38. The Kier molecular flexibility index (Phi) is 3.12. The second kappa shape index (κ2) is 4.14. The summed E-state index contributed by atoms with van der Waals surface area (Å²) in [7, 11) is 0. The molecule has 0 saturated heterocycles. The quantitative estimate of drug-likeness (QED) is 0.500. The van der Waals surface area contributed by atoms with Gasteiger partial charge in [0, 0.05) is 5.88 Å². The highest BCUT2D eigenvalue weighted by Crippen LogP contribution is 2.13. The van der Waals surface area contributed by atoms with Crippen molar-refractivity contribution in [2.45, 2.75) is 5.92 Å². The van der Waals surface area contributed by atoms with Gasteiger partial charge in [0.2, 0.25) is 0 Å². The lowest BCUT2D eigenvalue weighted by molar-refractivity contribution is -0.108. The zero-order valence-corrected chi connectivity index (χ0v) is 6.79. The lowest BCUT2D eigenvalue weighted by Gasteiger charge is -2.04. The SMILES string of the molecule is O=CC(CCl)c1ccccc1. The van der Waals surface area contributed by atoms with E-state index in [2.05, 4.69) is 0 Å². The molecule has 0 bridgehead atoms. The maximum absolute atomic E-state index is 10.5. The van der Waals surface area contributed by atoms with Crippen molar-refractivity contribution in [1.82, 2.24) is 0 Å². The molecule has 0 aromatic heterocycles. The van der Waals surface area contributed by atoms with Gasteiger partial charge in [-0.2, -0.15) is 0 Å². The highest BCUT2D eigenvalue weighted by Gasteiger charge is 2.06. The number of aldehydes is 1. The van der Waals surface area contributed by atoms with Crippen LogP contribution < -0.4 is 0 Å². The van der Waals surface area contributed by atoms with Gasteiger partial charge in [-0.3, -0.25) is 0 Å². The molecule has 58 valence electrons. The third kappa shape index (κ3) is 2.05. The molecule has 1 aromatic rings. The van der Waals surface area contributed by atoms with Gasteiger partial charge in [-0.25, -0.2) is 0 Å². The van der Waals surface area contributed by atoms with Crippen LogP contribution in [0.5, 0.6) is 0 Å². The van der Waals surface area contributed by atoms with Crippen molar-refractivity contribution in [3.63, 3.8) is 0 Å². The molecule has 1 rings (SSSR count). The Bertz CT molecular complexity index is 220. The van der Waals surface area contributed by atoms with E-state index in [-0.39, 0.29) is 5.92 Å². The van der Waals surface area contributed by atoms with Crippen molar-refractivity contribution >= 4 is 17.9 Å². The van der Waals surface area contributed by atoms with Gasteiger partial charge in [-0.05, 0) is 5.56 Å². The van der Waals surface area contributed by atoms with E-state index >= 15 is 0 Å². The van der Waals surface area contributed by atoms with Crippen molar-refractivity contribution in [1.29, 1.82) is 0 Å². The van der Waals surface area contributed by atoms with Crippen LogP contribution >= 0.6 is 11.6 Å². The molecule has 0 amide bonds. The van der Waals surface area contributed by atoms with Crippen molar-refractivity contribution in [2.24, 2.45) is 0 Å². The zero-order valence-electron chi connectivity index (χ0n) is 6.03. The highest BCUT2D eigenvalue weighted by molar-refractivity contribution is 6.19. The molecule has 0 N–H and O–H groups in total. The lowest BCUT2D eigenvalue weighted by atomic mass is 10.0. The van der Waals surface area contributed by atoms with Crippen molar-refractivity contribution < 1.29 is 4.79 Å². The first-order valence-electron chi connectivity index (χ1n) is 3.44. The summed E-state index contributed by atoms with van der Waals surface area (Å²) in [5.74, 6) is 0.200. The second-order valence-electron chi connectivity index (χ2n) is 2.31. The first-order valence-corrected chi connectivity index (χ1v) is 3.98. The molecular weight excluding hydrogens is 160 g/mol. The van der Waals surface area contributed by atoms with E-state index < -0.39 is 0 Å². The van der Waals surface area contributed by atoms with Crippen molar-refractivity contribution in [3.8, 4) is 0 Å². The average Bonchev–Trinajstić information content (AvgIpc) is 2.09. The molecule has 1 aromatic carbocycles. The Balaban J connectivity index is 2.82. The summed E-state index contributed by atoms with van der Waals surface area (Å²) in [6, 6.07) is 9.53. The van der Waals surface area contributed by atoms with E-state index in [1.54, 1.807) is 0 Å². The Hall–Kier alpha value is -0.820. The van der Waals surface area contributed by atoms with Crippen LogP contribution in [-0.4, -0.2) is 12.2 Å². The molecule has 1 unspecified atom stereocenters. The van der Waals surface area contributed by atoms with E-state index in [4.69, 9.17) is 11.6 Å². The van der Waals surface area contributed by atoms with Gasteiger partial charge in [0.25, 0.3) is 0 Å². The molecular formula is C9H9ClO. The van der Waals surface area contributed by atoms with Gasteiger partial charge < -0.3 is 4.79 Å². The normalized spacial score (nSPS) is 12.5. The number of rotatable bonds is 3. The van der Waals surface area contributed by atoms with Crippen LogP contribution in [0.3, 0.4) is 0 Å². The molecule has 0 aliphatic rings. The van der Waals surface area contributed by atoms with Crippen LogP contribution in [0.1, 0.15) is 11.5 Å². The van der Waals surface area contributed by atoms with Crippen molar-refractivity contribution in [2.75, 3.05) is 5.88 Å². The largest absolute Gasteiger partial charge is 0.303 e. The van der Waals surface area contributed by atoms with Gasteiger partial charge >= 0.3 is 0 Å². The summed E-state index contributed by atoms with van der Waals surface area (Å²) in [4.78, 5) is 10.5. The minimum Gasteiger partial charge on any atom is -0.303 e. The van der Waals surface area contributed by atoms with E-state index in [0.29, 0.717) is 5.88 Å². The number of halogens is 1. The van der Waals surface area contributed by atoms with Crippen LogP contribution in [-0.2, 0) is 4.79 Å². The highest BCUT2D eigenvalue weighted by atomic mass is 35.5. The molecule has 0 aliphatic heterocycles. The molecule has 1 nitrogen and oxygen atoms in total. The van der Waals surface area contributed by atoms with Crippen LogP contribution in [0.4, 0.5) is 0 Å². The van der Waals surface area contributed by atoms with E-state index in [0.717, 1.165) is 11.8 Å². The van der Waals surface area contributed by atoms with Gasteiger partial charge in [0.05, 0.1) is 5.92 Å². The van der Waals surface area contributed by atoms with Gasteiger partial charge in [0.15, 0.2) is 0 Å². The van der Waals surface area contributed by atoms with E-state index in [1.807, 2.05) is 30.3 Å². The maximum Gasteiger partial charge on any atom is 0.128 e. The third-order valence-corrected chi connectivity index (χ3v) is 1.89. The van der Waals surface area contributed by atoms with Gasteiger partial charge in [-0.1, -0.05) is 30.3 Å². The molecule has 0 spiro atoms. The van der Waals surface area contributed by atoms with Crippen LogP contribution in [0.15, 0.2) is 30.3 Å². The standard InChI is InChI=1S/C9H9ClO/c10-6-9(7-11)8-4-2-1-3-5-8/h1-5,7,9H,6H2. The zero-order chi connectivity index (χ0) is 8.10. The number of alkyl halides is 1. The Morgan fingerprint density at radius 1 is 1.36 bits per heavy atom. The summed E-state index contributed by atoms with van der Waals surface area (Å²) in [6.45, 7) is 0.